The summed E-state index contributed by atoms with van der Waals surface area (Å²) in [6, 6.07) is 0. The van der Waals surface area contributed by atoms with Crippen molar-refractivity contribution in [3.05, 3.63) is 0 Å². The van der Waals surface area contributed by atoms with E-state index in [4.69, 9.17) is 0 Å². The summed E-state index contributed by atoms with van der Waals surface area (Å²) >= 11 is 0. The van der Waals surface area contributed by atoms with Crippen LogP contribution in [-0.4, -0.2) is 183 Å². The van der Waals surface area contributed by atoms with Gasteiger partial charge < -0.3 is 30.4 Å². The van der Waals surface area contributed by atoms with Gasteiger partial charge in [-0.1, -0.05) is 26.7 Å². The standard InChI is InChI=1S/C11H18O7.4Ca.8H/c1-3-5-7-15-9(12)17-11(14)18-10(13)16-8-6-4-2;;;;;;;;;;;;/h3-8H2,1-2H3;;;;;;;;;;;;/q;4*+2;8*-1. The van der Waals surface area contributed by atoms with Gasteiger partial charge >= 0.3 is 169 Å². The monoisotopic (exact) mass is 430 g/mol. The Labute approximate surface area is 262 Å². The van der Waals surface area contributed by atoms with Crippen molar-refractivity contribution in [2.24, 2.45) is 0 Å². The number of hydrogen-bond acceptors (Lipinski definition) is 7. The van der Waals surface area contributed by atoms with Gasteiger partial charge in [-0.25, -0.2) is 14.4 Å². The van der Waals surface area contributed by atoms with Crippen LogP contribution >= 0.6 is 0 Å². The van der Waals surface area contributed by atoms with E-state index in [2.05, 4.69) is 18.9 Å². The average Bonchev–Trinajstić information content (AvgIpc) is 2.29. The molecule has 0 fully saturated rings. The molecule has 0 heterocycles. The molecule has 0 N–H and O–H groups in total. The minimum atomic E-state index is -1.46. The Morgan fingerprint density at radius 1 is 0.682 bits per heavy atom. The van der Waals surface area contributed by atoms with Crippen molar-refractivity contribution in [1.82, 2.24) is 0 Å². The van der Waals surface area contributed by atoms with Crippen LogP contribution in [-0.2, 0) is 18.9 Å². The van der Waals surface area contributed by atoms with Gasteiger partial charge in [0.2, 0.25) is 0 Å². The zero-order chi connectivity index (χ0) is 13.8. The molecule has 0 aromatic carbocycles. The SMILES string of the molecule is CCCCOC(=O)OC(=O)OC(=O)OCCCC.[Ca+2].[Ca+2].[Ca+2].[Ca+2].[H-].[H-].[H-].[H-].[H-].[H-].[H-].[H-]. The zero-order valence-electron chi connectivity index (χ0n) is 21.4. The van der Waals surface area contributed by atoms with Crippen LogP contribution in [0.2, 0.25) is 0 Å². The summed E-state index contributed by atoms with van der Waals surface area (Å²) in [5.74, 6) is 0. The van der Waals surface area contributed by atoms with E-state index < -0.39 is 18.5 Å². The Bertz CT molecular complexity index is 289. The molecule has 11 heteroatoms. The first-order chi connectivity index (χ1) is 8.60. The van der Waals surface area contributed by atoms with Crippen molar-refractivity contribution < 1.29 is 44.7 Å². The average molecular weight is 431 g/mol. The molecule has 0 aliphatic rings. The number of rotatable bonds is 6. The van der Waals surface area contributed by atoms with Gasteiger partial charge in [0.25, 0.3) is 0 Å². The van der Waals surface area contributed by atoms with Crippen molar-refractivity contribution in [2.45, 2.75) is 39.5 Å². The van der Waals surface area contributed by atoms with Gasteiger partial charge in [0, 0.05) is 0 Å². The van der Waals surface area contributed by atoms with Gasteiger partial charge in [0.15, 0.2) is 0 Å². The molecule has 22 heavy (non-hydrogen) atoms. The van der Waals surface area contributed by atoms with E-state index in [1.165, 1.54) is 0 Å². The fourth-order valence-corrected chi connectivity index (χ4v) is 0.816. The molecular formula is C11H26Ca4O7. The largest absolute Gasteiger partial charge is 2.00 e. The molecule has 0 aromatic heterocycles. The maximum Gasteiger partial charge on any atom is 2.00 e. The van der Waals surface area contributed by atoms with Crippen molar-refractivity contribution in [1.29, 1.82) is 0 Å². The normalized spacial score (nSPS) is 7.73. The van der Waals surface area contributed by atoms with Gasteiger partial charge in [-0.3, -0.25) is 0 Å². The fourth-order valence-electron chi connectivity index (χ4n) is 0.816. The van der Waals surface area contributed by atoms with E-state index >= 15 is 0 Å². The molecule has 0 unspecified atom stereocenters. The van der Waals surface area contributed by atoms with E-state index in [-0.39, 0.29) is 176 Å². The van der Waals surface area contributed by atoms with Crippen LogP contribution < -0.4 is 0 Å². The molecule has 0 saturated heterocycles. The van der Waals surface area contributed by atoms with E-state index in [9.17, 15) is 14.4 Å². The van der Waals surface area contributed by atoms with Gasteiger partial charge in [-0.15, -0.1) is 0 Å². The third-order valence-electron chi connectivity index (χ3n) is 1.77. The van der Waals surface area contributed by atoms with Gasteiger partial charge in [-0.2, -0.15) is 0 Å². The van der Waals surface area contributed by atoms with Crippen molar-refractivity contribution >= 4 is 169 Å². The predicted molar refractivity (Wildman–Crippen MR) is 92.0 cm³/mol. The summed E-state index contributed by atoms with van der Waals surface area (Å²) in [5, 5.41) is 0. The minimum Gasteiger partial charge on any atom is -1.00 e. The van der Waals surface area contributed by atoms with Gasteiger partial charge in [0.05, 0.1) is 13.2 Å². The molecule has 0 spiro atoms. The van der Waals surface area contributed by atoms with E-state index in [0.717, 1.165) is 12.8 Å². The maximum atomic E-state index is 10.9. The van der Waals surface area contributed by atoms with Crippen LogP contribution in [0.1, 0.15) is 50.9 Å². The van der Waals surface area contributed by atoms with Crippen molar-refractivity contribution in [3.8, 4) is 0 Å². The first-order valence-corrected chi connectivity index (χ1v) is 5.83. The smallest absolute Gasteiger partial charge is 1.00 e. The first-order valence-electron chi connectivity index (χ1n) is 5.83. The molecule has 0 aliphatic heterocycles. The van der Waals surface area contributed by atoms with Crippen LogP contribution in [0.15, 0.2) is 0 Å². The molecule has 0 aliphatic carbocycles. The molecule has 120 valence electrons. The minimum absolute atomic E-state index is 0. The molecule has 7 nitrogen and oxygen atoms in total. The third-order valence-corrected chi connectivity index (χ3v) is 1.77. The summed E-state index contributed by atoms with van der Waals surface area (Å²) < 4.78 is 17.1. The number of ether oxygens (including phenoxy) is 4. The van der Waals surface area contributed by atoms with Crippen LogP contribution in [0.5, 0.6) is 0 Å². The second-order valence-corrected chi connectivity index (χ2v) is 3.36. The van der Waals surface area contributed by atoms with E-state index in [1.54, 1.807) is 0 Å². The number of hydrogen-bond donors (Lipinski definition) is 0. The number of carbonyl (C=O) groups excluding carboxylic acids is 3. The first kappa shape index (κ1) is 36.2. The predicted octanol–water partition coefficient (Wildman–Crippen LogP) is 2.39. The topological polar surface area (TPSA) is 88.1 Å². The number of carbonyl (C=O) groups is 3. The Morgan fingerprint density at radius 3 is 1.27 bits per heavy atom. The quantitative estimate of drug-likeness (QED) is 0.277. The second kappa shape index (κ2) is 26.5. The molecule has 0 amide bonds. The summed E-state index contributed by atoms with van der Waals surface area (Å²) in [7, 11) is 0. The van der Waals surface area contributed by atoms with Crippen LogP contribution in [0.4, 0.5) is 14.4 Å². The Morgan fingerprint density at radius 2 is 1.00 bits per heavy atom. The summed E-state index contributed by atoms with van der Waals surface area (Å²) in [6.45, 7) is 4.11. The molecule has 0 bridgehead atoms. The maximum absolute atomic E-state index is 10.9. The van der Waals surface area contributed by atoms with Crippen molar-refractivity contribution in [3.63, 3.8) is 0 Å². The van der Waals surface area contributed by atoms with Crippen LogP contribution in [0.3, 0.4) is 0 Å². The second-order valence-electron chi connectivity index (χ2n) is 3.36. The van der Waals surface area contributed by atoms with Gasteiger partial charge in [0.1, 0.15) is 0 Å². The molecule has 0 atom stereocenters. The zero-order valence-corrected chi connectivity index (χ0v) is 22.3. The Kier molecular flexibility index (Phi) is 43.6. The van der Waals surface area contributed by atoms with Crippen LogP contribution in [0, 0.1) is 0 Å². The summed E-state index contributed by atoms with van der Waals surface area (Å²) in [4.78, 5) is 32.6. The Hall–Kier alpha value is 3.25. The summed E-state index contributed by atoms with van der Waals surface area (Å²) in [6.07, 6.45) is -0.877. The van der Waals surface area contributed by atoms with E-state index in [0.29, 0.717) is 12.8 Å². The molecule has 0 radical (unpaired) electrons. The Balaban J connectivity index is -0.0000000219. The molecular weight excluding hydrogens is 404 g/mol. The number of unbranched alkanes of at least 4 members (excludes halogenated alkanes) is 2. The van der Waals surface area contributed by atoms with E-state index in [1.807, 2.05) is 13.8 Å². The molecule has 0 aromatic rings. The molecule has 0 rings (SSSR count). The van der Waals surface area contributed by atoms with Crippen molar-refractivity contribution in [2.75, 3.05) is 13.2 Å². The van der Waals surface area contributed by atoms with Crippen LogP contribution in [0.25, 0.3) is 0 Å². The third kappa shape index (κ3) is 25.5. The van der Waals surface area contributed by atoms with Gasteiger partial charge in [-0.05, 0) is 12.8 Å². The fraction of sp³-hybridized carbons (Fsp3) is 0.727. The molecule has 0 saturated carbocycles. The summed E-state index contributed by atoms with van der Waals surface area (Å²) in [5.41, 5.74) is 0.